The number of aromatic nitrogens is 5. The minimum atomic E-state index is 0.339. The highest BCUT2D eigenvalue weighted by atomic mass is 16.5. The maximum absolute atomic E-state index is 5.34. The summed E-state index contributed by atoms with van der Waals surface area (Å²) >= 11 is 0. The second-order valence-electron chi connectivity index (χ2n) is 3.85. The Labute approximate surface area is 112 Å². The Morgan fingerprint density at radius 3 is 2.79 bits per heavy atom. The number of aryl methyl sites for hydroxylation is 1. The van der Waals surface area contributed by atoms with E-state index in [1.807, 2.05) is 13.1 Å². The van der Waals surface area contributed by atoms with Crippen LogP contribution in [-0.4, -0.2) is 38.2 Å². The van der Waals surface area contributed by atoms with E-state index in [0.717, 1.165) is 12.4 Å². The molecule has 102 valence electrons. The van der Waals surface area contributed by atoms with E-state index in [2.05, 4.69) is 36.7 Å². The van der Waals surface area contributed by atoms with E-state index in [4.69, 9.17) is 4.74 Å². The highest BCUT2D eigenvalue weighted by Gasteiger charge is 2.10. The first-order valence-electron chi connectivity index (χ1n) is 6.32. The summed E-state index contributed by atoms with van der Waals surface area (Å²) in [6, 6.07) is 0.339. The highest BCUT2D eigenvalue weighted by molar-refractivity contribution is 5.25. The molecule has 0 bridgehead atoms. The SMILES string of the molecule is CCOc1nc(Cc2nccn2CC)nc(NC)n1. The quantitative estimate of drug-likeness (QED) is 0.840. The van der Waals surface area contributed by atoms with E-state index in [1.165, 1.54) is 0 Å². The van der Waals surface area contributed by atoms with Crippen molar-refractivity contribution >= 4 is 5.95 Å². The Morgan fingerprint density at radius 1 is 1.26 bits per heavy atom. The van der Waals surface area contributed by atoms with Gasteiger partial charge in [0.15, 0.2) is 0 Å². The van der Waals surface area contributed by atoms with Crippen LogP contribution in [0.15, 0.2) is 12.4 Å². The summed E-state index contributed by atoms with van der Waals surface area (Å²) in [5.74, 6) is 2.07. The van der Waals surface area contributed by atoms with Crippen LogP contribution >= 0.6 is 0 Å². The van der Waals surface area contributed by atoms with Gasteiger partial charge in [-0.15, -0.1) is 0 Å². The molecule has 0 aliphatic carbocycles. The molecule has 7 heteroatoms. The zero-order chi connectivity index (χ0) is 13.7. The molecule has 0 amide bonds. The third-order valence-corrected chi connectivity index (χ3v) is 2.62. The number of hydrogen-bond acceptors (Lipinski definition) is 6. The van der Waals surface area contributed by atoms with Crippen LogP contribution in [0.5, 0.6) is 6.01 Å². The molecule has 2 heterocycles. The molecule has 2 aromatic rings. The standard InChI is InChI=1S/C12H18N6O/c1-4-18-7-6-14-10(18)8-9-15-11(13-3)17-12(16-9)19-5-2/h6-7H,4-5,8H2,1-3H3,(H,13,15,16,17). The topological polar surface area (TPSA) is 77.8 Å². The van der Waals surface area contributed by atoms with Crippen LogP contribution in [0, 0.1) is 0 Å². The molecule has 1 N–H and O–H groups in total. The number of ether oxygens (including phenoxy) is 1. The normalized spacial score (nSPS) is 10.5. The molecule has 0 atom stereocenters. The number of rotatable bonds is 6. The van der Waals surface area contributed by atoms with Gasteiger partial charge in [-0.1, -0.05) is 0 Å². The molecule has 0 spiro atoms. The van der Waals surface area contributed by atoms with Crippen LogP contribution in [0.2, 0.25) is 0 Å². The summed E-state index contributed by atoms with van der Waals surface area (Å²) in [5.41, 5.74) is 0. The Bertz CT molecular complexity index is 539. The summed E-state index contributed by atoms with van der Waals surface area (Å²) in [5, 5.41) is 2.90. The maximum Gasteiger partial charge on any atom is 0.321 e. The molecule has 0 aliphatic heterocycles. The minimum absolute atomic E-state index is 0.339. The Hall–Kier alpha value is -2.18. The fraction of sp³-hybridized carbons (Fsp3) is 0.500. The average molecular weight is 262 g/mol. The van der Waals surface area contributed by atoms with Gasteiger partial charge in [-0.2, -0.15) is 15.0 Å². The third kappa shape index (κ3) is 3.18. The summed E-state index contributed by atoms with van der Waals surface area (Å²) < 4.78 is 7.39. The first kappa shape index (κ1) is 13.3. The summed E-state index contributed by atoms with van der Waals surface area (Å²) in [6.07, 6.45) is 4.28. The van der Waals surface area contributed by atoms with Crippen molar-refractivity contribution in [3.63, 3.8) is 0 Å². The predicted molar refractivity (Wildman–Crippen MR) is 71.2 cm³/mol. The van der Waals surface area contributed by atoms with Crippen LogP contribution in [0.1, 0.15) is 25.5 Å². The molecular weight excluding hydrogens is 244 g/mol. The zero-order valence-corrected chi connectivity index (χ0v) is 11.4. The van der Waals surface area contributed by atoms with E-state index < -0.39 is 0 Å². The number of hydrogen-bond donors (Lipinski definition) is 1. The van der Waals surface area contributed by atoms with Crippen molar-refractivity contribution in [1.29, 1.82) is 0 Å². The van der Waals surface area contributed by atoms with Gasteiger partial charge in [0.2, 0.25) is 5.95 Å². The monoisotopic (exact) mass is 262 g/mol. The van der Waals surface area contributed by atoms with Gasteiger partial charge in [-0.3, -0.25) is 0 Å². The van der Waals surface area contributed by atoms with Crippen LogP contribution in [0.25, 0.3) is 0 Å². The Morgan fingerprint density at radius 2 is 2.11 bits per heavy atom. The van der Waals surface area contributed by atoms with Crippen molar-refractivity contribution in [1.82, 2.24) is 24.5 Å². The van der Waals surface area contributed by atoms with E-state index in [-0.39, 0.29) is 0 Å². The fourth-order valence-corrected chi connectivity index (χ4v) is 1.72. The van der Waals surface area contributed by atoms with Crippen molar-refractivity contribution in [3.8, 4) is 6.01 Å². The first-order valence-corrected chi connectivity index (χ1v) is 6.32. The summed E-state index contributed by atoms with van der Waals surface area (Å²) in [7, 11) is 1.77. The number of imidazole rings is 1. The Kier molecular flexibility index (Phi) is 4.27. The Balaban J connectivity index is 2.26. The molecule has 0 radical (unpaired) electrons. The largest absolute Gasteiger partial charge is 0.464 e. The van der Waals surface area contributed by atoms with Gasteiger partial charge in [0, 0.05) is 26.0 Å². The van der Waals surface area contributed by atoms with Gasteiger partial charge in [-0.05, 0) is 13.8 Å². The smallest absolute Gasteiger partial charge is 0.321 e. The zero-order valence-electron chi connectivity index (χ0n) is 11.4. The second-order valence-corrected chi connectivity index (χ2v) is 3.85. The molecule has 0 saturated heterocycles. The van der Waals surface area contributed by atoms with E-state index in [9.17, 15) is 0 Å². The summed E-state index contributed by atoms with van der Waals surface area (Å²) in [4.78, 5) is 17.0. The second kappa shape index (κ2) is 6.12. The lowest BCUT2D eigenvalue weighted by atomic mass is 10.4. The van der Waals surface area contributed by atoms with Gasteiger partial charge in [0.05, 0.1) is 13.0 Å². The highest BCUT2D eigenvalue weighted by Crippen LogP contribution is 2.10. The van der Waals surface area contributed by atoms with Gasteiger partial charge in [-0.25, -0.2) is 4.98 Å². The van der Waals surface area contributed by atoms with Gasteiger partial charge in [0.25, 0.3) is 0 Å². The van der Waals surface area contributed by atoms with Crippen molar-refractivity contribution in [2.24, 2.45) is 0 Å². The molecular formula is C12H18N6O. The molecule has 2 rings (SSSR count). The van der Waals surface area contributed by atoms with Crippen LogP contribution in [0.3, 0.4) is 0 Å². The van der Waals surface area contributed by atoms with Crippen molar-refractivity contribution in [2.45, 2.75) is 26.8 Å². The van der Waals surface area contributed by atoms with Crippen LogP contribution in [-0.2, 0) is 13.0 Å². The molecule has 0 unspecified atom stereocenters. The van der Waals surface area contributed by atoms with Crippen LogP contribution in [0.4, 0.5) is 5.95 Å². The molecule has 0 aliphatic rings. The van der Waals surface area contributed by atoms with Crippen molar-refractivity contribution in [2.75, 3.05) is 19.0 Å². The lowest BCUT2D eigenvalue weighted by molar-refractivity contribution is 0.310. The molecule has 0 saturated carbocycles. The lowest BCUT2D eigenvalue weighted by Crippen LogP contribution is -2.10. The van der Waals surface area contributed by atoms with Crippen LogP contribution < -0.4 is 10.1 Å². The molecule has 19 heavy (non-hydrogen) atoms. The van der Waals surface area contributed by atoms with Crippen molar-refractivity contribution in [3.05, 3.63) is 24.0 Å². The van der Waals surface area contributed by atoms with Gasteiger partial charge < -0.3 is 14.6 Å². The third-order valence-electron chi connectivity index (χ3n) is 2.62. The maximum atomic E-state index is 5.34. The number of nitrogens with zero attached hydrogens (tertiary/aromatic N) is 5. The first-order chi connectivity index (χ1) is 9.26. The number of anilines is 1. The fourth-order valence-electron chi connectivity index (χ4n) is 1.72. The molecule has 0 fully saturated rings. The van der Waals surface area contributed by atoms with E-state index in [0.29, 0.717) is 30.8 Å². The number of nitrogens with one attached hydrogen (secondary N) is 1. The van der Waals surface area contributed by atoms with Crippen molar-refractivity contribution < 1.29 is 4.74 Å². The average Bonchev–Trinajstić information content (AvgIpc) is 2.86. The lowest BCUT2D eigenvalue weighted by Gasteiger charge is -2.07. The molecule has 0 aromatic carbocycles. The minimum Gasteiger partial charge on any atom is -0.464 e. The van der Waals surface area contributed by atoms with Gasteiger partial charge >= 0.3 is 6.01 Å². The van der Waals surface area contributed by atoms with Gasteiger partial charge in [0.1, 0.15) is 11.6 Å². The van der Waals surface area contributed by atoms with E-state index in [1.54, 1.807) is 13.2 Å². The summed E-state index contributed by atoms with van der Waals surface area (Å²) in [6.45, 7) is 5.36. The molecule has 7 nitrogen and oxygen atoms in total. The molecule has 2 aromatic heterocycles. The van der Waals surface area contributed by atoms with E-state index >= 15 is 0 Å². The predicted octanol–water partition coefficient (Wildman–Crippen LogP) is 1.12.